The number of carbonyl (C=O) groups excluding carboxylic acids is 1. The SMILES string of the molecule is Cc1cc(N(C)C2CCCCC2)ccc1C=O. The predicted octanol–water partition coefficient (Wildman–Crippen LogP) is 3.58. The van der Waals surface area contributed by atoms with Crippen molar-refractivity contribution in [3.63, 3.8) is 0 Å². The summed E-state index contributed by atoms with van der Waals surface area (Å²) in [5.41, 5.74) is 3.10. The molecule has 2 heteroatoms. The highest BCUT2D eigenvalue weighted by Crippen LogP contribution is 2.27. The molecule has 2 rings (SSSR count). The molecule has 0 amide bonds. The number of carbonyl (C=O) groups is 1. The summed E-state index contributed by atoms with van der Waals surface area (Å²) in [6, 6.07) is 6.78. The fourth-order valence-corrected chi connectivity index (χ4v) is 2.69. The quantitative estimate of drug-likeness (QED) is 0.741. The molecular weight excluding hydrogens is 210 g/mol. The van der Waals surface area contributed by atoms with Gasteiger partial charge in [0.25, 0.3) is 0 Å². The van der Waals surface area contributed by atoms with E-state index in [0.717, 1.165) is 17.4 Å². The van der Waals surface area contributed by atoms with Gasteiger partial charge in [-0.2, -0.15) is 0 Å². The van der Waals surface area contributed by atoms with Crippen molar-refractivity contribution in [2.45, 2.75) is 45.1 Å². The van der Waals surface area contributed by atoms with Crippen molar-refractivity contribution < 1.29 is 4.79 Å². The Morgan fingerprint density at radius 1 is 1.24 bits per heavy atom. The Morgan fingerprint density at radius 3 is 2.53 bits per heavy atom. The van der Waals surface area contributed by atoms with E-state index in [1.165, 1.54) is 37.8 Å². The number of hydrogen-bond donors (Lipinski definition) is 0. The van der Waals surface area contributed by atoms with Crippen molar-refractivity contribution in [2.75, 3.05) is 11.9 Å². The van der Waals surface area contributed by atoms with E-state index in [-0.39, 0.29) is 0 Å². The van der Waals surface area contributed by atoms with Crippen LogP contribution >= 0.6 is 0 Å². The van der Waals surface area contributed by atoms with Gasteiger partial charge in [-0.1, -0.05) is 19.3 Å². The van der Waals surface area contributed by atoms with Gasteiger partial charge < -0.3 is 4.90 Å². The van der Waals surface area contributed by atoms with Crippen LogP contribution in [0, 0.1) is 6.92 Å². The largest absolute Gasteiger partial charge is 0.372 e. The van der Waals surface area contributed by atoms with E-state index in [4.69, 9.17) is 0 Å². The summed E-state index contributed by atoms with van der Waals surface area (Å²) in [4.78, 5) is 13.2. The molecule has 0 aliphatic heterocycles. The molecule has 1 aromatic rings. The van der Waals surface area contributed by atoms with Crippen LogP contribution in [0.15, 0.2) is 18.2 Å². The number of benzene rings is 1. The van der Waals surface area contributed by atoms with Crippen LogP contribution in [-0.4, -0.2) is 19.4 Å². The van der Waals surface area contributed by atoms with Crippen molar-refractivity contribution in [2.24, 2.45) is 0 Å². The summed E-state index contributed by atoms with van der Waals surface area (Å²) in [6.07, 6.45) is 7.60. The first-order valence-corrected chi connectivity index (χ1v) is 6.51. The van der Waals surface area contributed by atoms with Crippen LogP contribution in [0.4, 0.5) is 5.69 Å². The molecule has 1 fully saturated rings. The molecule has 1 aliphatic carbocycles. The van der Waals surface area contributed by atoms with Crippen LogP contribution < -0.4 is 4.90 Å². The smallest absolute Gasteiger partial charge is 0.150 e. The standard InChI is InChI=1S/C15H21NO/c1-12-10-15(9-8-13(12)11-17)16(2)14-6-4-3-5-7-14/h8-11,14H,3-7H2,1-2H3. The van der Waals surface area contributed by atoms with Gasteiger partial charge in [0.2, 0.25) is 0 Å². The molecule has 17 heavy (non-hydrogen) atoms. The van der Waals surface area contributed by atoms with E-state index in [1.807, 2.05) is 13.0 Å². The Hall–Kier alpha value is -1.31. The van der Waals surface area contributed by atoms with Gasteiger partial charge in [-0.3, -0.25) is 4.79 Å². The average Bonchev–Trinajstić information content (AvgIpc) is 2.39. The fourth-order valence-electron chi connectivity index (χ4n) is 2.69. The monoisotopic (exact) mass is 231 g/mol. The number of anilines is 1. The number of hydrogen-bond acceptors (Lipinski definition) is 2. The summed E-state index contributed by atoms with van der Waals surface area (Å²) in [5, 5.41) is 0. The molecule has 0 spiro atoms. The zero-order valence-electron chi connectivity index (χ0n) is 10.8. The number of rotatable bonds is 3. The maximum absolute atomic E-state index is 10.8. The maximum Gasteiger partial charge on any atom is 0.150 e. The minimum Gasteiger partial charge on any atom is -0.372 e. The summed E-state index contributed by atoms with van der Waals surface area (Å²) in [6.45, 7) is 2.00. The zero-order chi connectivity index (χ0) is 12.3. The second-order valence-electron chi connectivity index (χ2n) is 5.06. The van der Waals surface area contributed by atoms with Crippen LogP contribution in [-0.2, 0) is 0 Å². The number of nitrogens with zero attached hydrogens (tertiary/aromatic N) is 1. The summed E-state index contributed by atoms with van der Waals surface area (Å²) < 4.78 is 0. The third-order valence-corrected chi connectivity index (χ3v) is 3.91. The van der Waals surface area contributed by atoms with E-state index in [9.17, 15) is 4.79 Å². The lowest BCUT2D eigenvalue weighted by atomic mass is 9.94. The predicted molar refractivity (Wildman–Crippen MR) is 71.8 cm³/mol. The molecule has 1 aromatic carbocycles. The van der Waals surface area contributed by atoms with Crippen molar-refractivity contribution in [3.05, 3.63) is 29.3 Å². The highest BCUT2D eigenvalue weighted by atomic mass is 16.1. The van der Waals surface area contributed by atoms with Gasteiger partial charge in [-0.05, 0) is 43.5 Å². The maximum atomic E-state index is 10.8. The summed E-state index contributed by atoms with van der Waals surface area (Å²) in [7, 11) is 2.17. The Kier molecular flexibility index (Phi) is 3.82. The van der Waals surface area contributed by atoms with Crippen LogP contribution in [0.25, 0.3) is 0 Å². The van der Waals surface area contributed by atoms with Gasteiger partial charge in [0.05, 0.1) is 0 Å². The summed E-state index contributed by atoms with van der Waals surface area (Å²) >= 11 is 0. The Bertz CT molecular complexity index is 394. The molecule has 1 saturated carbocycles. The topological polar surface area (TPSA) is 20.3 Å². The Labute approximate surface area is 104 Å². The van der Waals surface area contributed by atoms with E-state index in [1.54, 1.807) is 0 Å². The van der Waals surface area contributed by atoms with Crippen LogP contribution in [0.2, 0.25) is 0 Å². The van der Waals surface area contributed by atoms with E-state index < -0.39 is 0 Å². The van der Waals surface area contributed by atoms with Gasteiger partial charge in [0, 0.05) is 24.3 Å². The first-order valence-electron chi connectivity index (χ1n) is 6.51. The zero-order valence-corrected chi connectivity index (χ0v) is 10.8. The highest BCUT2D eigenvalue weighted by Gasteiger charge is 2.18. The number of aryl methyl sites for hydroxylation is 1. The molecule has 92 valence electrons. The molecule has 0 unspecified atom stereocenters. The number of aldehydes is 1. The van der Waals surface area contributed by atoms with Crippen molar-refractivity contribution in [1.82, 2.24) is 0 Å². The van der Waals surface area contributed by atoms with E-state index in [0.29, 0.717) is 6.04 Å². The van der Waals surface area contributed by atoms with Crippen molar-refractivity contribution in [1.29, 1.82) is 0 Å². The molecular formula is C15H21NO. The minimum absolute atomic E-state index is 0.672. The van der Waals surface area contributed by atoms with Crippen LogP contribution in [0.5, 0.6) is 0 Å². The first kappa shape index (κ1) is 12.2. The molecule has 0 radical (unpaired) electrons. The average molecular weight is 231 g/mol. The van der Waals surface area contributed by atoms with Crippen molar-refractivity contribution >= 4 is 12.0 Å². The van der Waals surface area contributed by atoms with Gasteiger partial charge in [-0.15, -0.1) is 0 Å². The highest BCUT2D eigenvalue weighted by molar-refractivity contribution is 5.78. The normalized spacial score (nSPS) is 16.8. The van der Waals surface area contributed by atoms with Gasteiger partial charge in [0.1, 0.15) is 6.29 Å². The fraction of sp³-hybridized carbons (Fsp3) is 0.533. The second kappa shape index (κ2) is 5.35. The van der Waals surface area contributed by atoms with Gasteiger partial charge in [-0.25, -0.2) is 0 Å². The molecule has 0 saturated heterocycles. The Morgan fingerprint density at radius 2 is 1.94 bits per heavy atom. The van der Waals surface area contributed by atoms with Crippen LogP contribution in [0.1, 0.15) is 48.0 Å². The van der Waals surface area contributed by atoms with E-state index >= 15 is 0 Å². The molecule has 2 nitrogen and oxygen atoms in total. The van der Waals surface area contributed by atoms with Gasteiger partial charge in [0.15, 0.2) is 0 Å². The lowest BCUT2D eigenvalue weighted by molar-refractivity contribution is 0.112. The molecule has 0 atom stereocenters. The molecule has 0 heterocycles. The Balaban J connectivity index is 2.15. The molecule has 0 aromatic heterocycles. The van der Waals surface area contributed by atoms with E-state index in [2.05, 4.69) is 24.1 Å². The molecule has 1 aliphatic rings. The molecule has 0 N–H and O–H groups in total. The van der Waals surface area contributed by atoms with Gasteiger partial charge >= 0.3 is 0 Å². The lowest BCUT2D eigenvalue weighted by Crippen LogP contribution is -2.33. The second-order valence-corrected chi connectivity index (χ2v) is 5.06. The summed E-state index contributed by atoms with van der Waals surface area (Å²) in [5.74, 6) is 0. The minimum atomic E-state index is 0.672. The third-order valence-electron chi connectivity index (χ3n) is 3.91. The lowest BCUT2D eigenvalue weighted by Gasteiger charge is -2.33. The first-order chi connectivity index (χ1) is 8.22. The molecule has 0 bridgehead atoms. The third kappa shape index (κ3) is 2.68. The van der Waals surface area contributed by atoms with Crippen LogP contribution in [0.3, 0.4) is 0 Å². The van der Waals surface area contributed by atoms with Crippen molar-refractivity contribution in [3.8, 4) is 0 Å².